The zero-order valence-electron chi connectivity index (χ0n) is 7.98. The number of hydrogen-bond acceptors (Lipinski definition) is 3. The molecule has 0 aliphatic carbocycles. The van der Waals surface area contributed by atoms with Crippen LogP contribution in [0.15, 0.2) is 33.9 Å². The second-order valence-electron chi connectivity index (χ2n) is 3.34. The lowest BCUT2D eigenvalue weighted by molar-refractivity contribution is 0.0891. The van der Waals surface area contributed by atoms with Crippen molar-refractivity contribution < 1.29 is 4.84 Å². The van der Waals surface area contributed by atoms with Crippen LogP contribution in [-0.2, 0) is 4.84 Å². The van der Waals surface area contributed by atoms with Crippen LogP contribution < -0.4 is 0 Å². The lowest BCUT2D eigenvalue weighted by atomic mass is 10.0. The summed E-state index contributed by atoms with van der Waals surface area (Å²) in [4.78, 5) is 5.14. The van der Waals surface area contributed by atoms with Crippen LogP contribution >= 0.6 is 15.9 Å². The number of rotatable bonds is 2. The predicted octanol–water partition coefficient (Wildman–Crippen LogP) is 2.86. The first-order chi connectivity index (χ1) is 7.29. The van der Waals surface area contributed by atoms with Gasteiger partial charge in [-0.05, 0) is 17.7 Å². The first-order valence-corrected chi connectivity index (χ1v) is 5.44. The molecule has 0 saturated heterocycles. The van der Waals surface area contributed by atoms with E-state index < -0.39 is 0 Å². The van der Waals surface area contributed by atoms with Crippen molar-refractivity contribution in [3.63, 3.8) is 0 Å². The summed E-state index contributed by atoms with van der Waals surface area (Å²) in [6.07, 6.45) is 1.03. The Morgan fingerprint density at radius 2 is 2.20 bits per heavy atom. The second kappa shape index (κ2) is 4.45. The summed E-state index contributed by atoms with van der Waals surface area (Å²) >= 11 is 3.38. The van der Waals surface area contributed by atoms with Gasteiger partial charge in [0.15, 0.2) is 0 Å². The van der Waals surface area contributed by atoms with Gasteiger partial charge in [0, 0.05) is 10.9 Å². The highest BCUT2D eigenvalue weighted by atomic mass is 79.9. The van der Waals surface area contributed by atoms with Crippen LogP contribution in [-0.4, -0.2) is 11.8 Å². The number of nitriles is 1. The molecule has 0 fully saturated rings. The maximum absolute atomic E-state index is 8.53. The van der Waals surface area contributed by atoms with Crippen LogP contribution in [0.4, 0.5) is 0 Å². The summed E-state index contributed by atoms with van der Waals surface area (Å²) in [5.41, 5.74) is 1.97. The summed E-state index contributed by atoms with van der Waals surface area (Å²) < 4.78 is 1.04. The quantitative estimate of drug-likeness (QED) is 0.825. The summed E-state index contributed by atoms with van der Waals surface area (Å²) in [6, 6.07) is 9.99. The van der Waals surface area contributed by atoms with Crippen molar-refractivity contribution >= 4 is 21.6 Å². The van der Waals surface area contributed by atoms with Crippen molar-refractivity contribution in [2.45, 2.75) is 18.9 Å². The van der Waals surface area contributed by atoms with Crippen molar-refractivity contribution in [3.05, 3.63) is 34.3 Å². The largest absolute Gasteiger partial charge is 0.391 e. The van der Waals surface area contributed by atoms with E-state index in [0.717, 1.165) is 22.2 Å². The normalized spacial score (nSPS) is 19.2. The van der Waals surface area contributed by atoms with E-state index in [0.29, 0.717) is 6.42 Å². The molecule has 4 heteroatoms. The van der Waals surface area contributed by atoms with Crippen LogP contribution in [0.1, 0.15) is 18.4 Å². The Morgan fingerprint density at radius 1 is 1.47 bits per heavy atom. The number of oxime groups is 1. The topological polar surface area (TPSA) is 45.4 Å². The van der Waals surface area contributed by atoms with E-state index in [1.54, 1.807) is 0 Å². The van der Waals surface area contributed by atoms with Crippen molar-refractivity contribution in [2.75, 3.05) is 0 Å². The molecule has 0 radical (unpaired) electrons. The number of nitrogens with zero attached hydrogens (tertiary/aromatic N) is 2. The molecule has 1 aliphatic rings. The van der Waals surface area contributed by atoms with Gasteiger partial charge in [-0.15, -0.1) is 0 Å². The smallest absolute Gasteiger partial charge is 0.146 e. The van der Waals surface area contributed by atoms with Gasteiger partial charge < -0.3 is 4.84 Å². The third-order valence-electron chi connectivity index (χ3n) is 2.23. The highest BCUT2D eigenvalue weighted by Crippen LogP contribution is 2.20. The summed E-state index contributed by atoms with van der Waals surface area (Å²) in [5.74, 6) is 0. The van der Waals surface area contributed by atoms with Gasteiger partial charge in [0.1, 0.15) is 6.10 Å². The molecule has 0 bridgehead atoms. The molecule has 0 unspecified atom stereocenters. The predicted molar refractivity (Wildman–Crippen MR) is 60.4 cm³/mol. The summed E-state index contributed by atoms with van der Waals surface area (Å²) in [6.45, 7) is 0. The fourth-order valence-corrected chi connectivity index (χ4v) is 1.72. The van der Waals surface area contributed by atoms with E-state index in [4.69, 9.17) is 10.1 Å². The third kappa shape index (κ3) is 2.37. The zero-order valence-corrected chi connectivity index (χ0v) is 9.57. The van der Waals surface area contributed by atoms with Crippen LogP contribution in [0.25, 0.3) is 0 Å². The minimum Gasteiger partial charge on any atom is -0.391 e. The third-order valence-corrected chi connectivity index (χ3v) is 2.76. The highest BCUT2D eigenvalue weighted by molar-refractivity contribution is 9.10. The molecule has 1 aromatic carbocycles. The average molecular weight is 265 g/mol. The van der Waals surface area contributed by atoms with Gasteiger partial charge in [0.25, 0.3) is 0 Å². The average Bonchev–Trinajstić information content (AvgIpc) is 2.68. The van der Waals surface area contributed by atoms with Crippen LogP contribution in [0.2, 0.25) is 0 Å². The van der Waals surface area contributed by atoms with E-state index in [1.807, 2.05) is 24.3 Å². The van der Waals surface area contributed by atoms with Crippen LogP contribution in [0.3, 0.4) is 0 Å². The Balaban J connectivity index is 2.08. The maximum atomic E-state index is 8.53. The molecule has 1 aromatic rings. The Morgan fingerprint density at radius 3 is 2.87 bits per heavy atom. The molecule has 1 aliphatic heterocycles. The molecular formula is C11H9BrN2O. The molecule has 0 N–H and O–H groups in total. The van der Waals surface area contributed by atoms with Crippen LogP contribution in [0, 0.1) is 11.3 Å². The van der Waals surface area contributed by atoms with Crippen molar-refractivity contribution in [1.82, 2.24) is 0 Å². The molecule has 15 heavy (non-hydrogen) atoms. The van der Waals surface area contributed by atoms with Crippen molar-refractivity contribution in [2.24, 2.45) is 5.16 Å². The van der Waals surface area contributed by atoms with E-state index >= 15 is 0 Å². The lowest BCUT2D eigenvalue weighted by Gasteiger charge is -2.00. The summed E-state index contributed by atoms with van der Waals surface area (Å²) in [7, 11) is 0. The van der Waals surface area contributed by atoms with Gasteiger partial charge in [-0.1, -0.05) is 33.2 Å². The number of hydrogen-bond donors (Lipinski definition) is 0. The van der Waals surface area contributed by atoms with Gasteiger partial charge >= 0.3 is 0 Å². The lowest BCUT2D eigenvalue weighted by Crippen LogP contribution is -2.07. The Bertz CT molecular complexity index is 419. The van der Waals surface area contributed by atoms with Crippen molar-refractivity contribution in [1.29, 1.82) is 5.26 Å². The molecule has 1 atom stereocenters. The first-order valence-electron chi connectivity index (χ1n) is 4.65. The molecule has 76 valence electrons. The molecule has 1 heterocycles. The first kappa shape index (κ1) is 10.2. The number of benzene rings is 1. The van der Waals surface area contributed by atoms with E-state index in [1.165, 1.54) is 0 Å². The minimum absolute atomic E-state index is 0.0753. The highest BCUT2D eigenvalue weighted by Gasteiger charge is 2.21. The van der Waals surface area contributed by atoms with Crippen LogP contribution in [0.5, 0.6) is 0 Å². The molecule has 0 amide bonds. The van der Waals surface area contributed by atoms with E-state index in [2.05, 4.69) is 27.2 Å². The van der Waals surface area contributed by atoms with Crippen molar-refractivity contribution in [3.8, 4) is 6.07 Å². The zero-order chi connectivity index (χ0) is 10.7. The maximum Gasteiger partial charge on any atom is 0.146 e. The number of halogens is 1. The van der Waals surface area contributed by atoms with Gasteiger partial charge in [-0.2, -0.15) is 5.26 Å². The molecule has 3 nitrogen and oxygen atoms in total. The fraction of sp³-hybridized carbons (Fsp3) is 0.273. The van der Waals surface area contributed by atoms with Gasteiger partial charge in [0.2, 0.25) is 0 Å². The minimum atomic E-state index is -0.0753. The summed E-state index contributed by atoms with van der Waals surface area (Å²) in [5, 5.41) is 12.5. The molecule has 0 spiro atoms. The molecule has 0 aromatic heterocycles. The SMILES string of the molecule is N#CC[C@H]1CC(c2ccc(Br)cc2)=NO1. The standard InChI is InChI=1S/C11H9BrN2O/c12-9-3-1-8(2-4-9)11-7-10(5-6-13)15-14-11/h1-4,10H,5,7H2/t10-/m0/s1. The fourth-order valence-electron chi connectivity index (χ4n) is 1.45. The Hall–Kier alpha value is -1.34. The van der Waals surface area contributed by atoms with E-state index in [9.17, 15) is 0 Å². The Kier molecular flexibility index (Phi) is 3.02. The van der Waals surface area contributed by atoms with E-state index in [-0.39, 0.29) is 6.10 Å². The molecule has 2 rings (SSSR count). The van der Waals surface area contributed by atoms with Gasteiger partial charge in [-0.25, -0.2) is 0 Å². The molecule has 0 saturated carbocycles. The second-order valence-corrected chi connectivity index (χ2v) is 4.25. The Labute approximate surface area is 96.5 Å². The van der Waals surface area contributed by atoms with Gasteiger partial charge in [0.05, 0.1) is 18.2 Å². The van der Waals surface area contributed by atoms with Gasteiger partial charge in [-0.3, -0.25) is 0 Å². The molecular weight excluding hydrogens is 256 g/mol. The monoisotopic (exact) mass is 264 g/mol.